The van der Waals surface area contributed by atoms with Gasteiger partial charge in [-0.2, -0.15) is 0 Å². The molecule has 0 aliphatic carbocycles. The largest absolute Gasteiger partial charge is 0.481 e. The Hall–Kier alpha value is -1.55. The second-order valence-corrected chi connectivity index (χ2v) is 4.15. The molecule has 1 unspecified atom stereocenters. The first-order valence-corrected chi connectivity index (χ1v) is 5.30. The lowest BCUT2D eigenvalue weighted by molar-refractivity contribution is -0.143. The molecule has 0 bridgehead atoms. The van der Waals surface area contributed by atoms with Crippen LogP contribution in [0.15, 0.2) is 24.3 Å². The third kappa shape index (κ3) is 2.52. The van der Waals surface area contributed by atoms with E-state index in [1.807, 2.05) is 0 Å². The van der Waals surface area contributed by atoms with E-state index in [9.17, 15) is 9.90 Å². The fraction of sp³-hybridized carbons (Fsp3) is 0.417. The highest BCUT2D eigenvalue weighted by atomic mass is 16.4. The fourth-order valence-electron chi connectivity index (χ4n) is 1.71. The van der Waals surface area contributed by atoms with Crippen LogP contribution in [0.1, 0.15) is 25.3 Å². The highest BCUT2D eigenvalue weighted by Gasteiger charge is 2.34. The number of carboxylic acid groups (broad SMARTS) is 1. The van der Waals surface area contributed by atoms with Crippen molar-refractivity contribution in [2.24, 2.45) is 5.73 Å². The van der Waals surface area contributed by atoms with Crippen LogP contribution >= 0.6 is 0 Å². The summed E-state index contributed by atoms with van der Waals surface area (Å²) in [5, 5.41) is 9.32. The van der Waals surface area contributed by atoms with E-state index >= 15 is 0 Å². The smallest absolute Gasteiger partial charge is 0.313 e. The average Bonchev–Trinajstić information content (AvgIpc) is 2.25. The van der Waals surface area contributed by atoms with Gasteiger partial charge in [-0.1, -0.05) is 12.1 Å². The van der Waals surface area contributed by atoms with Crippen molar-refractivity contribution >= 4 is 11.7 Å². The number of carbonyl (C=O) groups is 1. The molecule has 4 nitrogen and oxygen atoms in total. The lowest BCUT2D eigenvalue weighted by Crippen LogP contribution is -2.33. The van der Waals surface area contributed by atoms with Crippen molar-refractivity contribution in [1.82, 2.24) is 0 Å². The Labute approximate surface area is 95.3 Å². The number of benzene rings is 1. The van der Waals surface area contributed by atoms with Crippen LogP contribution in [0, 0.1) is 0 Å². The van der Waals surface area contributed by atoms with Crippen LogP contribution in [-0.2, 0) is 10.2 Å². The number of aliphatic carboxylic acids is 1. The predicted octanol–water partition coefficient (Wildman–Crippen LogP) is 1.35. The van der Waals surface area contributed by atoms with E-state index in [-0.39, 0.29) is 0 Å². The van der Waals surface area contributed by atoms with Crippen LogP contribution in [0.25, 0.3) is 0 Å². The molecule has 0 heterocycles. The van der Waals surface area contributed by atoms with Gasteiger partial charge in [-0.15, -0.1) is 0 Å². The van der Waals surface area contributed by atoms with Crippen LogP contribution in [0.3, 0.4) is 0 Å². The first kappa shape index (κ1) is 12.5. The van der Waals surface area contributed by atoms with E-state index < -0.39 is 11.4 Å². The van der Waals surface area contributed by atoms with Gasteiger partial charge < -0.3 is 16.6 Å². The molecule has 16 heavy (non-hydrogen) atoms. The molecule has 1 rings (SSSR count). The molecular weight excluding hydrogens is 204 g/mol. The quantitative estimate of drug-likeness (QED) is 0.656. The number of hydrogen-bond acceptors (Lipinski definition) is 3. The van der Waals surface area contributed by atoms with Crippen LogP contribution in [0.4, 0.5) is 5.69 Å². The van der Waals surface area contributed by atoms with Gasteiger partial charge >= 0.3 is 5.97 Å². The van der Waals surface area contributed by atoms with E-state index in [0.29, 0.717) is 25.1 Å². The normalized spacial score (nSPS) is 14.4. The molecule has 1 aromatic rings. The van der Waals surface area contributed by atoms with Gasteiger partial charge in [0.25, 0.3) is 0 Å². The van der Waals surface area contributed by atoms with Gasteiger partial charge in [0.05, 0.1) is 5.41 Å². The zero-order valence-electron chi connectivity index (χ0n) is 9.44. The van der Waals surface area contributed by atoms with Crippen LogP contribution in [0.2, 0.25) is 0 Å². The minimum atomic E-state index is -0.908. The van der Waals surface area contributed by atoms with Crippen molar-refractivity contribution in [3.8, 4) is 0 Å². The summed E-state index contributed by atoms with van der Waals surface area (Å²) in [7, 11) is 0. The topological polar surface area (TPSA) is 89.3 Å². The summed E-state index contributed by atoms with van der Waals surface area (Å²) >= 11 is 0. The monoisotopic (exact) mass is 222 g/mol. The van der Waals surface area contributed by atoms with E-state index in [1.54, 1.807) is 31.2 Å². The Kier molecular flexibility index (Phi) is 3.90. The minimum absolute atomic E-state index is 0.491. The Morgan fingerprint density at radius 3 is 2.69 bits per heavy atom. The maximum absolute atomic E-state index is 11.4. The molecule has 0 aromatic heterocycles. The van der Waals surface area contributed by atoms with Gasteiger partial charge in [-0.05, 0) is 44.0 Å². The van der Waals surface area contributed by atoms with Crippen LogP contribution in [0.5, 0.6) is 0 Å². The van der Waals surface area contributed by atoms with Gasteiger partial charge in [0.15, 0.2) is 0 Å². The Morgan fingerprint density at radius 2 is 2.19 bits per heavy atom. The summed E-state index contributed by atoms with van der Waals surface area (Å²) in [6.07, 6.45) is 1.19. The van der Waals surface area contributed by atoms with E-state index in [2.05, 4.69) is 0 Å². The first-order chi connectivity index (χ1) is 7.50. The van der Waals surface area contributed by atoms with Gasteiger partial charge in [0, 0.05) is 5.69 Å². The number of carboxylic acids is 1. The van der Waals surface area contributed by atoms with Gasteiger partial charge in [0.1, 0.15) is 0 Å². The molecule has 1 atom stereocenters. The lowest BCUT2D eigenvalue weighted by Gasteiger charge is -2.25. The van der Waals surface area contributed by atoms with Crippen LogP contribution in [-0.4, -0.2) is 17.6 Å². The zero-order valence-corrected chi connectivity index (χ0v) is 9.44. The first-order valence-electron chi connectivity index (χ1n) is 5.30. The van der Waals surface area contributed by atoms with Crippen molar-refractivity contribution in [3.63, 3.8) is 0 Å². The number of nitrogens with two attached hydrogens (primary N) is 2. The van der Waals surface area contributed by atoms with E-state index in [0.717, 1.165) is 5.56 Å². The predicted molar refractivity (Wildman–Crippen MR) is 64.1 cm³/mol. The summed E-state index contributed by atoms with van der Waals surface area (Å²) < 4.78 is 0. The number of anilines is 1. The molecule has 88 valence electrons. The molecule has 0 radical (unpaired) electrons. The van der Waals surface area contributed by atoms with Crippen molar-refractivity contribution < 1.29 is 9.90 Å². The summed E-state index contributed by atoms with van der Waals surface area (Å²) in [5.41, 5.74) is 11.5. The molecule has 0 fully saturated rings. The molecular formula is C12H18N2O2. The molecule has 0 saturated heterocycles. The fourth-order valence-corrected chi connectivity index (χ4v) is 1.71. The third-order valence-corrected chi connectivity index (χ3v) is 2.88. The number of rotatable bonds is 5. The molecule has 4 heteroatoms. The SMILES string of the molecule is CC(CCCN)(C(=O)O)c1cccc(N)c1. The second kappa shape index (κ2) is 4.99. The van der Waals surface area contributed by atoms with Gasteiger partial charge in [0.2, 0.25) is 0 Å². The summed E-state index contributed by atoms with van der Waals surface area (Å²) in [6, 6.07) is 7.02. The Morgan fingerprint density at radius 1 is 1.50 bits per heavy atom. The summed E-state index contributed by atoms with van der Waals surface area (Å²) in [5.74, 6) is -0.841. The second-order valence-electron chi connectivity index (χ2n) is 4.15. The summed E-state index contributed by atoms with van der Waals surface area (Å²) in [4.78, 5) is 11.4. The maximum Gasteiger partial charge on any atom is 0.313 e. The highest BCUT2D eigenvalue weighted by Crippen LogP contribution is 2.30. The highest BCUT2D eigenvalue weighted by molar-refractivity contribution is 5.81. The number of hydrogen-bond donors (Lipinski definition) is 3. The molecule has 0 spiro atoms. The Balaban J connectivity index is 3.06. The molecule has 0 aliphatic rings. The van der Waals surface area contributed by atoms with Crippen LogP contribution < -0.4 is 11.5 Å². The van der Waals surface area contributed by atoms with Crippen molar-refractivity contribution in [3.05, 3.63) is 29.8 Å². The summed E-state index contributed by atoms with van der Waals surface area (Å²) in [6.45, 7) is 2.20. The third-order valence-electron chi connectivity index (χ3n) is 2.88. The molecule has 0 aliphatic heterocycles. The lowest BCUT2D eigenvalue weighted by atomic mass is 9.78. The van der Waals surface area contributed by atoms with Gasteiger partial charge in [-0.25, -0.2) is 0 Å². The average molecular weight is 222 g/mol. The molecule has 1 aromatic carbocycles. The van der Waals surface area contributed by atoms with Gasteiger partial charge in [-0.3, -0.25) is 4.79 Å². The molecule has 0 amide bonds. The minimum Gasteiger partial charge on any atom is -0.481 e. The van der Waals surface area contributed by atoms with E-state index in [1.165, 1.54) is 0 Å². The maximum atomic E-state index is 11.4. The van der Waals surface area contributed by atoms with Crippen molar-refractivity contribution in [2.45, 2.75) is 25.2 Å². The number of nitrogen functional groups attached to an aromatic ring is 1. The molecule has 0 saturated carbocycles. The van der Waals surface area contributed by atoms with Crippen molar-refractivity contribution in [1.29, 1.82) is 0 Å². The standard InChI is InChI=1S/C12H18N2O2/c1-12(11(15)16,6-3-7-13)9-4-2-5-10(14)8-9/h2,4-5,8H,3,6-7,13-14H2,1H3,(H,15,16). The Bertz CT molecular complexity index is 379. The zero-order chi connectivity index (χ0) is 12.2. The molecule has 5 N–H and O–H groups in total. The van der Waals surface area contributed by atoms with Crippen molar-refractivity contribution in [2.75, 3.05) is 12.3 Å². The van der Waals surface area contributed by atoms with E-state index in [4.69, 9.17) is 11.5 Å².